The molecule has 1 aromatic rings. The highest BCUT2D eigenvalue weighted by atomic mass is 19.4. The number of nitrogens with zero attached hydrogens (tertiary/aromatic N) is 2. The highest BCUT2D eigenvalue weighted by Crippen LogP contribution is 2.39. The van der Waals surface area contributed by atoms with E-state index in [2.05, 4.69) is 9.84 Å². The summed E-state index contributed by atoms with van der Waals surface area (Å²) in [6.45, 7) is 0. The fourth-order valence-corrected chi connectivity index (χ4v) is 2.57. The number of alkyl halides is 3. The van der Waals surface area contributed by atoms with Crippen LogP contribution in [0.3, 0.4) is 0 Å². The van der Waals surface area contributed by atoms with Crippen LogP contribution in [0, 0.1) is 0 Å². The Balaban J connectivity index is 2.49. The minimum Gasteiger partial charge on any atom is -0.464 e. The summed E-state index contributed by atoms with van der Waals surface area (Å²) in [6, 6.07) is -0.191. The maximum Gasteiger partial charge on any atom is 0.422 e. The van der Waals surface area contributed by atoms with Crippen molar-refractivity contribution < 1.29 is 22.7 Å². The van der Waals surface area contributed by atoms with E-state index in [0.29, 0.717) is 12.8 Å². The summed E-state index contributed by atoms with van der Waals surface area (Å²) in [5.41, 5.74) is 3.63. The Morgan fingerprint density at radius 1 is 1.35 bits per heavy atom. The molecule has 0 saturated heterocycles. The lowest BCUT2D eigenvalue weighted by molar-refractivity contribution is -0.137. The molecule has 1 aliphatic rings. The molecule has 0 atom stereocenters. The number of esters is 1. The summed E-state index contributed by atoms with van der Waals surface area (Å²) in [5.74, 6) is -1.64. The second-order valence-corrected chi connectivity index (χ2v) is 4.83. The molecule has 0 aromatic carbocycles. The lowest BCUT2D eigenvalue weighted by Crippen LogP contribution is -2.17. The molecule has 0 unspecified atom stereocenters. The molecule has 1 aromatic heterocycles. The van der Waals surface area contributed by atoms with Gasteiger partial charge < -0.3 is 10.5 Å². The third-order valence-corrected chi connectivity index (χ3v) is 3.53. The van der Waals surface area contributed by atoms with Gasteiger partial charge in [-0.1, -0.05) is 19.3 Å². The fraction of sp³-hybridized carbons (Fsp3) is 0.667. The van der Waals surface area contributed by atoms with Crippen molar-refractivity contribution in [3.63, 3.8) is 0 Å². The molecule has 20 heavy (non-hydrogen) atoms. The lowest BCUT2D eigenvalue weighted by Gasteiger charge is -2.23. The predicted molar refractivity (Wildman–Crippen MR) is 65.1 cm³/mol. The average molecular weight is 291 g/mol. The molecule has 1 saturated carbocycles. The molecular weight excluding hydrogens is 275 g/mol. The Kier molecular flexibility index (Phi) is 3.92. The van der Waals surface area contributed by atoms with Gasteiger partial charge in [-0.2, -0.15) is 18.3 Å². The number of ether oxygens (including phenoxy) is 1. The molecule has 1 fully saturated rings. The number of carbonyl (C=O) groups excluding carboxylic acids is 1. The fourth-order valence-electron chi connectivity index (χ4n) is 2.57. The molecule has 0 amide bonds. The number of aromatic nitrogens is 2. The van der Waals surface area contributed by atoms with Crippen LogP contribution in [0.5, 0.6) is 0 Å². The molecule has 0 radical (unpaired) electrons. The number of hydrogen-bond donors (Lipinski definition) is 1. The van der Waals surface area contributed by atoms with Gasteiger partial charge in [-0.25, -0.2) is 9.48 Å². The Bertz CT molecular complexity index is 505. The number of rotatable bonds is 2. The molecule has 1 aliphatic carbocycles. The van der Waals surface area contributed by atoms with Gasteiger partial charge in [0.25, 0.3) is 0 Å². The van der Waals surface area contributed by atoms with E-state index in [1.165, 1.54) is 0 Å². The van der Waals surface area contributed by atoms with Crippen molar-refractivity contribution in [2.24, 2.45) is 0 Å². The zero-order chi connectivity index (χ0) is 14.9. The van der Waals surface area contributed by atoms with Crippen molar-refractivity contribution in [3.05, 3.63) is 11.3 Å². The Labute approximate surface area is 113 Å². The molecular formula is C12H16F3N3O2. The summed E-state index contributed by atoms with van der Waals surface area (Å²) < 4.78 is 44.6. The van der Waals surface area contributed by atoms with Crippen LogP contribution < -0.4 is 5.73 Å². The molecule has 5 nitrogen and oxygen atoms in total. The van der Waals surface area contributed by atoms with Crippen LogP contribution in [-0.2, 0) is 10.9 Å². The Morgan fingerprint density at radius 2 is 1.95 bits per heavy atom. The van der Waals surface area contributed by atoms with E-state index < -0.39 is 29.2 Å². The molecule has 1 heterocycles. The van der Waals surface area contributed by atoms with Crippen molar-refractivity contribution in [3.8, 4) is 0 Å². The summed E-state index contributed by atoms with van der Waals surface area (Å²) in [7, 11) is 1.01. The average Bonchev–Trinajstić information content (AvgIpc) is 2.76. The van der Waals surface area contributed by atoms with Gasteiger partial charge in [0.1, 0.15) is 11.4 Å². The van der Waals surface area contributed by atoms with Gasteiger partial charge in [0.2, 0.25) is 0 Å². The number of methoxy groups -OCH3 is 1. The zero-order valence-electron chi connectivity index (χ0n) is 11.0. The highest BCUT2D eigenvalue weighted by molar-refractivity contribution is 5.90. The van der Waals surface area contributed by atoms with Gasteiger partial charge in [-0.3, -0.25) is 0 Å². The largest absolute Gasteiger partial charge is 0.464 e. The standard InChI is InChI=1S/C12H16F3N3O2/c1-20-11(19)9-8(12(13,14)15)10(16)18(17-9)7-5-3-2-4-6-7/h7H,2-6,16H2,1H3. The SMILES string of the molecule is COC(=O)c1nn(C2CCCCC2)c(N)c1C(F)(F)F. The highest BCUT2D eigenvalue weighted by Gasteiger charge is 2.42. The third-order valence-electron chi connectivity index (χ3n) is 3.53. The number of nitrogen functional groups attached to an aromatic ring is 1. The third kappa shape index (κ3) is 2.59. The molecule has 2 rings (SSSR count). The number of halogens is 3. The maximum atomic E-state index is 13.0. The molecule has 0 bridgehead atoms. The Hall–Kier alpha value is -1.73. The lowest BCUT2D eigenvalue weighted by atomic mass is 9.95. The van der Waals surface area contributed by atoms with Crippen LogP contribution in [0.1, 0.15) is 54.2 Å². The van der Waals surface area contributed by atoms with Gasteiger partial charge in [-0.15, -0.1) is 0 Å². The first-order valence-corrected chi connectivity index (χ1v) is 6.39. The van der Waals surface area contributed by atoms with Gasteiger partial charge in [-0.05, 0) is 12.8 Å². The van der Waals surface area contributed by atoms with Crippen LogP contribution in [0.25, 0.3) is 0 Å². The number of hydrogen-bond acceptors (Lipinski definition) is 4. The van der Waals surface area contributed by atoms with Crippen LogP contribution in [0.15, 0.2) is 0 Å². The normalized spacial score (nSPS) is 17.2. The van der Waals surface area contributed by atoms with Gasteiger partial charge in [0, 0.05) is 0 Å². The van der Waals surface area contributed by atoms with Crippen molar-refractivity contribution in [1.82, 2.24) is 9.78 Å². The molecule has 112 valence electrons. The first-order valence-electron chi connectivity index (χ1n) is 6.39. The number of anilines is 1. The summed E-state index contributed by atoms with van der Waals surface area (Å²) in [4.78, 5) is 11.5. The van der Waals surface area contributed by atoms with E-state index in [0.717, 1.165) is 31.1 Å². The maximum absolute atomic E-state index is 13.0. The van der Waals surface area contributed by atoms with E-state index in [-0.39, 0.29) is 6.04 Å². The minimum absolute atomic E-state index is 0.191. The van der Waals surface area contributed by atoms with E-state index in [1.54, 1.807) is 0 Å². The summed E-state index contributed by atoms with van der Waals surface area (Å²) in [5, 5.41) is 3.77. The minimum atomic E-state index is -4.74. The predicted octanol–water partition coefficient (Wildman–Crippen LogP) is 2.78. The molecule has 8 heteroatoms. The van der Waals surface area contributed by atoms with E-state index in [1.807, 2.05) is 0 Å². The number of carbonyl (C=O) groups is 1. The van der Waals surface area contributed by atoms with Gasteiger partial charge in [0.15, 0.2) is 5.69 Å². The molecule has 0 spiro atoms. The van der Waals surface area contributed by atoms with E-state index >= 15 is 0 Å². The zero-order valence-corrected chi connectivity index (χ0v) is 11.0. The molecule has 0 aliphatic heterocycles. The van der Waals surface area contributed by atoms with Crippen LogP contribution in [0.4, 0.5) is 19.0 Å². The van der Waals surface area contributed by atoms with E-state index in [9.17, 15) is 18.0 Å². The van der Waals surface area contributed by atoms with E-state index in [4.69, 9.17) is 5.73 Å². The summed E-state index contributed by atoms with van der Waals surface area (Å²) >= 11 is 0. The van der Waals surface area contributed by atoms with Crippen LogP contribution in [0.2, 0.25) is 0 Å². The Morgan fingerprint density at radius 3 is 2.45 bits per heavy atom. The smallest absolute Gasteiger partial charge is 0.422 e. The number of nitrogens with two attached hydrogens (primary N) is 1. The van der Waals surface area contributed by atoms with Crippen LogP contribution >= 0.6 is 0 Å². The van der Waals surface area contributed by atoms with Crippen molar-refractivity contribution in [2.75, 3.05) is 12.8 Å². The van der Waals surface area contributed by atoms with Gasteiger partial charge >= 0.3 is 12.1 Å². The second-order valence-electron chi connectivity index (χ2n) is 4.83. The van der Waals surface area contributed by atoms with Crippen molar-refractivity contribution >= 4 is 11.8 Å². The summed E-state index contributed by atoms with van der Waals surface area (Å²) in [6.07, 6.45) is -0.431. The quantitative estimate of drug-likeness (QED) is 0.851. The second kappa shape index (κ2) is 5.34. The topological polar surface area (TPSA) is 70.1 Å². The van der Waals surface area contributed by atoms with Crippen molar-refractivity contribution in [1.29, 1.82) is 0 Å². The molecule has 2 N–H and O–H groups in total. The van der Waals surface area contributed by atoms with Crippen LogP contribution in [-0.4, -0.2) is 22.9 Å². The monoisotopic (exact) mass is 291 g/mol. The first-order chi connectivity index (χ1) is 9.36. The van der Waals surface area contributed by atoms with Gasteiger partial charge in [0.05, 0.1) is 13.2 Å². The van der Waals surface area contributed by atoms with Crippen molar-refractivity contribution in [2.45, 2.75) is 44.3 Å². The first kappa shape index (κ1) is 14.7.